The van der Waals surface area contributed by atoms with Gasteiger partial charge in [0.15, 0.2) is 11.7 Å². The Balaban J connectivity index is 1.06. The Labute approximate surface area is 354 Å². The molecule has 0 saturated heterocycles. The van der Waals surface area contributed by atoms with Crippen molar-refractivity contribution < 1.29 is 4.42 Å². The van der Waals surface area contributed by atoms with E-state index in [1.807, 2.05) is 42.6 Å². The maximum atomic E-state index is 6.94. The van der Waals surface area contributed by atoms with E-state index in [2.05, 4.69) is 169 Å². The highest BCUT2D eigenvalue weighted by Gasteiger charge is 2.38. The minimum Gasteiger partial charge on any atom is -0.455 e. The fourth-order valence-corrected chi connectivity index (χ4v) is 9.50. The van der Waals surface area contributed by atoms with Crippen LogP contribution in [-0.4, -0.2) is 29.5 Å². The van der Waals surface area contributed by atoms with Gasteiger partial charge in [-0.1, -0.05) is 166 Å². The summed E-state index contributed by atoms with van der Waals surface area (Å²) in [7, 11) is 1.77. The van der Waals surface area contributed by atoms with E-state index >= 15 is 0 Å². The summed E-state index contributed by atoms with van der Waals surface area (Å²) < 4.78 is 9.41. The third-order valence-electron chi connectivity index (χ3n) is 12.3. The van der Waals surface area contributed by atoms with Crippen LogP contribution in [0.4, 0.5) is 0 Å². The van der Waals surface area contributed by atoms with Gasteiger partial charge in [-0.05, 0) is 64.6 Å². The van der Waals surface area contributed by atoms with Crippen LogP contribution >= 0.6 is 0 Å². The molecule has 11 rings (SSSR count). The molecule has 5 heteroatoms. The third-order valence-corrected chi connectivity index (χ3v) is 12.3. The summed E-state index contributed by atoms with van der Waals surface area (Å²) in [5.41, 5.74) is 15.3. The van der Waals surface area contributed by atoms with Crippen LogP contribution in [0.5, 0.6) is 0 Å². The number of fused-ring (bicyclic) bond motifs is 10. The molecule has 0 bridgehead atoms. The molecule has 0 radical (unpaired) electrons. The van der Waals surface area contributed by atoms with Gasteiger partial charge in [0.2, 0.25) is 0 Å². The average Bonchev–Trinajstić information content (AvgIpc) is 3.82. The van der Waals surface area contributed by atoms with Gasteiger partial charge < -0.3 is 8.98 Å². The molecular weight excluding hydrogens is 745 g/mol. The fraction of sp³-hybridized carbons (Fsp3) is 0.0893. The molecule has 0 saturated carbocycles. The number of allylic oxidation sites excluding steroid dienone is 4. The first-order valence-electron chi connectivity index (χ1n) is 20.9. The Morgan fingerprint density at radius 1 is 0.656 bits per heavy atom. The maximum Gasteiger partial charge on any atom is 0.161 e. The molecule has 292 valence electrons. The fourth-order valence-electron chi connectivity index (χ4n) is 9.50. The number of para-hydroxylation sites is 3. The van der Waals surface area contributed by atoms with Crippen molar-refractivity contribution in [2.45, 2.75) is 25.7 Å². The molecule has 0 atom stereocenters. The van der Waals surface area contributed by atoms with Gasteiger partial charge in [-0.3, -0.25) is 4.99 Å². The van der Waals surface area contributed by atoms with Gasteiger partial charge in [-0.2, -0.15) is 0 Å². The Bertz CT molecular complexity index is 3410. The summed E-state index contributed by atoms with van der Waals surface area (Å²) in [5.74, 6) is 1.19. The van der Waals surface area contributed by atoms with E-state index < -0.39 is 0 Å². The second-order valence-corrected chi connectivity index (χ2v) is 16.3. The highest BCUT2D eigenvalue weighted by molar-refractivity contribution is 6.19. The lowest BCUT2D eigenvalue weighted by Gasteiger charge is -2.23. The van der Waals surface area contributed by atoms with Gasteiger partial charge in [0, 0.05) is 68.2 Å². The lowest BCUT2D eigenvalue weighted by atomic mass is 9.81. The summed E-state index contributed by atoms with van der Waals surface area (Å²) in [6.07, 6.45) is 13.1. The van der Waals surface area contributed by atoms with Crippen LogP contribution < -0.4 is 0 Å². The van der Waals surface area contributed by atoms with Crippen LogP contribution in [0, 0.1) is 0 Å². The number of hydrogen-bond donors (Lipinski definition) is 0. The summed E-state index contributed by atoms with van der Waals surface area (Å²) in [5, 5.41) is 4.55. The Morgan fingerprint density at radius 2 is 1.41 bits per heavy atom. The molecule has 2 aliphatic rings. The number of hydrogen-bond acceptors (Lipinski definition) is 2. The minimum atomic E-state index is -0.170. The van der Waals surface area contributed by atoms with E-state index in [0.717, 1.165) is 61.9 Å². The van der Waals surface area contributed by atoms with E-state index in [4.69, 9.17) is 14.4 Å². The minimum absolute atomic E-state index is 0.170. The van der Waals surface area contributed by atoms with Crippen molar-refractivity contribution >= 4 is 61.6 Å². The largest absolute Gasteiger partial charge is 0.455 e. The van der Waals surface area contributed by atoms with Crippen molar-refractivity contribution in [2.24, 2.45) is 15.0 Å². The SMILES string of the molecule is CN=C(N=C(N=Cc1cccc2c1oc1c(-c3ccc4c(c3)c3ccc5c(c3n4-c3ccccc3)C(C)(C)c3ccccc3-5)cccc12)C1=CC=CCC=C1)c1ccccc1. The van der Waals surface area contributed by atoms with Gasteiger partial charge >= 0.3 is 0 Å². The van der Waals surface area contributed by atoms with E-state index in [0.29, 0.717) is 11.7 Å². The van der Waals surface area contributed by atoms with Crippen molar-refractivity contribution in [2.75, 3.05) is 7.05 Å². The summed E-state index contributed by atoms with van der Waals surface area (Å²) in [4.78, 5) is 14.6. The highest BCUT2D eigenvalue weighted by Crippen LogP contribution is 2.53. The molecule has 2 heterocycles. The monoisotopic (exact) mass is 786 g/mol. The van der Waals surface area contributed by atoms with Crippen LogP contribution in [0.25, 0.3) is 71.7 Å². The smallest absolute Gasteiger partial charge is 0.161 e. The van der Waals surface area contributed by atoms with E-state index in [1.54, 1.807) is 7.05 Å². The van der Waals surface area contributed by atoms with Gasteiger partial charge in [0.05, 0.1) is 11.0 Å². The Hall–Kier alpha value is -7.63. The Kier molecular flexibility index (Phi) is 8.71. The molecule has 5 nitrogen and oxygen atoms in total. The van der Waals surface area contributed by atoms with E-state index in [1.165, 1.54) is 44.1 Å². The Morgan fingerprint density at radius 3 is 2.25 bits per heavy atom. The van der Waals surface area contributed by atoms with Crippen LogP contribution in [0.15, 0.2) is 207 Å². The molecule has 0 unspecified atom stereocenters. The quantitative estimate of drug-likeness (QED) is 0.127. The van der Waals surface area contributed by atoms with Crippen LogP contribution in [0.2, 0.25) is 0 Å². The molecule has 0 amide bonds. The number of rotatable bonds is 5. The van der Waals surface area contributed by atoms with Crippen LogP contribution in [-0.2, 0) is 5.41 Å². The van der Waals surface area contributed by atoms with Gasteiger partial charge in [0.25, 0.3) is 0 Å². The first-order valence-corrected chi connectivity index (χ1v) is 20.9. The first kappa shape index (κ1) is 36.4. The van der Waals surface area contributed by atoms with Crippen molar-refractivity contribution in [3.05, 3.63) is 210 Å². The zero-order chi connectivity index (χ0) is 41.1. The molecule has 2 aliphatic carbocycles. The highest BCUT2D eigenvalue weighted by atomic mass is 16.3. The molecule has 0 aliphatic heterocycles. The molecular formula is C56H42N4O. The zero-order valence-electron chi connectivity index (χ0n) is 34.3. The first-order chi connectivity index (χ1) is 30.0. The van der Waals surface area contributed by atoms with Crippen molar-refractivity contribution in [1.82, 2.24) is 4.57 Å². The second-order valence-electron chi connectivity index (χ2n) is 16.3. The van der Waals surface area contributed by atoms with Crippen LogP contribution in [0.3, 0.4) is 0 Å². The average molecular weight is 787 g/mol. The maximum absolute atomic E-state index is 6.94. The number of amidine groups is 2. The predicted molar refractivity (Wildman–Crippen MR) is 256 cm³/mol. The van der Waals surface area contributed by atoms with Gasteiger partial charge in [-0.25, -0.2) is 9.98 Å². The van der Waals surface area contributed by atoms with E-state index in [9.17, 15) is 0 Å². The molecule has 0 spiro atoms. The molecule has 7 aromatic carbocycles. The molecule has 9 aromatic rings. The van der Waals surface area contributed by atoms with Gasteiger partial charge in [0.1, 0.15) is 11.2 Å². The van der Waals surface area contributed by atoms with Crippen molar-refractivity contribution in [3.63, 3.8) is 0 Å². The number of furan rings is 1. The van der Waals surface area contributed by atoms with Gasteiger partial charge in [-0.15, -0.1) is 0 Å². The number of aromatic nitrogens is 1. The normalized spacial score (nSPS) is 15.0. The second kappa shape index (κ2) is 14.6. The topological polar surface area (TPSA) is 55.1 Å². The lowest BCUT2D eigenvalue weighted by molar-refractivity contribution is 0.664. The number of aliphatic imine (C=N–C) groups is 3. The number of nitrogens with zero attached hydrogens (tertiary/aromatic N) is 4. The molecule has 2 aromatic heterocycles. The summed E-state index contributed by atoms with van der Waals surface area (Å²) >= 11 is 0. The lowest BCUT2D eigenvalue weighted by Crippen LogP contribution is -2.16. The van der Waals surface area contributed by atoms with Crippen LogP contribution in [0.1, 0.15) is 42.5 Å². The zero-order valence-corrected chi connectivity index (χ0v) is 34.3. The molecule has 61 heavy (non-hydrogen) atoms. The van der Waals surface area contributed by atoms with Crippen molar-refractivity contribution in [3.8, 4) is 27.9 Å². The third kappa shape index (κ3) is 5.96. The molecule has 0 fully saturated rings. The van der Waals surface area contributed by atoms with E-state index in [-0.39, 0.29) is 5.41 Å². The summed E-state index contributed by atoms with van der Waals surface area (Å²) in [6, 6.07) is 53.9. The number of benzene rings is 7. The summed E-state index contributed by atoms with van der Waals surface area (Å²) in [6.45, 7) is 4.74. The predicted octanol–water partition coefficient (Wildman–Crippen LogP) is 14.0. The standard InChI is InChI=1S/C56H42N4O/c1-56(2)48-29-15-14-25-42(48)43-31-32-44-47-34-38(30-33-49(47)60(51(44)50(43)56)40-23-12-7-13-24-40)41-26-17-28-46-45-27-16-22-39(52(45)61-53(41)46)35-58-55(37-20-8-4-5-9-21-37)59-54(57-3)36-18-10-6-11-19-36/h4,6-35H,5H2,1-3H3. The molecule has 0 N–H and O–H groups in total. The van der Waals surface area contributed by atoms with Crippen molar-refractivity contribution in [1.29, 1.82) is 0 Å².